The second-order valence-corrected chi connectivity index (χ2v) is 11.5. The summed E-state index contributed by atoms with van der Waals surface area (Å²) in [6.07, 6.45) is -4.54. The third-order valence-electron chi connectivity index (χ3n) is 8.20. The van der Waals surface area contributed by atoms with Gasteiger partial charge >= 0.3 is 30.2 Å². The maximum atomic E-state index is 14.1. The molecular formula is C35H31F3N6O8. The Balaban J connectivity index is 1.19. The summed E-state index contributed by atoms with van der Waals surface area (Å²) < 4.78 is 53.3. The molecule has 270 valence electrons. The Morgan fingerprint density at radius 1 is 0.885 bits per heavy atom. The molecule has 2 aliphatic heterocycles. The number of halogens is 3. The third kappa shape index (κ3) is 7.88. The van der Waals surface area contributed by atoms with Crippen LogP contribution < -0.4 is 19.4 Å². The molecule has 1 fully saturated rings. The maximum absolute atomic E-state index is 14.1. The van der Waals surface area contributed by atoms with Crippen molar-refractivity contribution in [1.82, 2.24) is 15.0 Å². The molecule has 14 nitrogen and oxygen atoms in total. The van der Waals surface area contributed by atoms with Crippen LogP contribution in [-0.2, 0) is 30.4 Å². The van der Waals surface area contributed by atoms with E-state index in [1.807, 2.05) is 6.07 Å². The lowest BCUT2D eigenvalue weighted by Gasteiger charge is -2.36. The summed E-state index contributed by atoms with van der Waals surface area (Å²) in [7, 11) is 1.55. The quantitative estimate of drug-likeness (QED) is 0.143. The van der Waals surface area contributed by atoms with Gasteiger partial charge in [0.1, 0.15) is 5.75 Å². The Morgan fingerprint density at radius 2 is 1.54 bits per heavy atom. The van der Waals surface area contributed by atoms with E-state index in [0.717, 1.165) is 9.96 Å². The summed E-state index contributed by atoms with van der Waals surface area (Å²) in [5.41, 5.74) is 2.02. The smallest absolute Gasteiger partial charge is 0.492 e. The van der Waals surface area contributed by atoms with Crippen molar-refractivity contribution in [3.05, 3.63) is 96.7 Å². The zero-order valence-corrected chi connectivity index (χ0v) is 27.6. The number of para-hydroxylation sites is 2. The Bertz CT molecular complexity index is 1910. The SMILES string of the molecule is COc1ccc(N2Cc3cnc(N(C(=O)OCOC(=O)C4CCN(OC(=O)C(F)(F)F)CC4)c4ccccc4)nc3N(c3ccccc3)C2=O)cc1. The van der Waals surface area contributed by atoms with Crippen LogP contribution in [0.5, 0.6) is 5.75 Å². The summed E-state index contributed by atoms with van der Waals surface area (Å²) >= 11 is 0. The highest BCUT2D eigenvalue weighted by Crippen LogP contribution is 2.37. The van der Waals surface area contributed by atoms with Crippen LogP contribution >= 0.6 is 0 Å². The molecule has 0 atom stereocenters. The lowest BCUT2D eigenvalue weighted by Crippen LogP contribution is -2.45. The number of rotatable bonds is 9. The molecule has 4 aromatic rings. The number of nitrogens with zero attached hydrogens (tertiary/aromatic N) is 6. The van der Waals surface area contributed by atoms with Crippen molar-refractivity contribution < 1.29 is 51.4 Å². The lowest BCUT2D eigenvalue weighted by atomic mass is 9.98. The van der Waals surface area contributed by atoms with Gasteiger partial charge < -0.3 is 19.0 Å². The Kier molecular flexibility index (Phi) is 10.5. The first-order valence-corrected chi connectivity index (χ1v) is 15.9. The molecule has 0 spiro atoms. The first-order valence-electron chi connectivity index (χ1n) is 15.9. The van der Waals surface area contributed by atoms with Crippen LogP contribution in [-0.4, -0.2) is 72.3 Å². The third-order valence-corrected chi connectivity index (χ3v) is 8.20. The monoisotopic (exact) mass is 720 g/mol. The zero-order valence-electron chi connectivity index (χ0n) is 27.6. The Hall–Kier alpha value is -6.23. The number of amides is 3. The molecule has 17 heteroatoms. The van der Waals surface area contributed by atoms with Crippen LogP contribution in [0.15, 0.2) is 91.1 Å². The number of benzene rings is 3. The van der Waals surface area contributed by atoms with Crippen molar-refractivity contribution in [1.29, 1.82) is 0 Å². The summed E-state index contributed by atoms with van der Waals surface area (Å²) in [5.74, 6) is -3.09. The summed E-state index contributed by atoms with van der Waals surface area (Å²) in [6.45, 7) is -0.918. The molecule has 0 aliphatic carbocycles. The van der Waals surface area contributed by atoms with E-state index in [2.05, 4.69) is 14.8 Å². The minimum absolute atomic E-state index is 0.0452. The van der Waals surface area contributed by atoms with Crippen molar-refractivity contribution >= 4 is 52.9 Å². The van der Waals surface area contributed by atoms with Crippen LogP contribution in [0.25, 0.3) is 0 Å². The van der Waals surface area contributed by atoms with E-state index in [1.165, 1.54) is 11.1 Å². The highest BCUT2D eigenvalue weighted by atomic mass is 19.4. The van der Waals surface area contributed by atoms with Crippen molar-refractivity contribution in [2.75, 3.05) is 41.7 Å². The maximum Gasteiger partial charge on any atom is 0.492 e. The number of aromatic nitrogens is 2. The number of piperidine rings is 1. The van der Waals surface area contributed by atoms with Crippen molar-refractivity contribution in [2.45, 2.75) is 25.6 Å². The fraction of sp³-hybridized carbons (Fsp3) is 0.257. The number of carbonyl (C=O) groups is 4. The number of fused-ring (bicyclic) bond motifs is 1. The second kappa shape index (κ2) is 15.3. The molecule has 0 bridgehead atoms. The van der Waals surface area contributed by atoms with Crippen LogP contribution in [0, 0.1) is 5.92 Å². The van der Waals surface area contributed by atoms with E-state index in [1.54, 1.807) is 90.9 Å². The normalized spacial score (nSPS) is 15.0. The van der Waals surface area contributed by atoms with E-state index in [9.17, 15) is 32.3 Å². The summed E-state index contributed by atoms with van der Waals surface area (Å²) in [5, 5.41) is 0.832. The number of methoxy groups -OCH3 is 1. The van der Waals surface area contributed by atoms with Crippen molar-refractivity contribution in [2.24, 2.45) is 5.92 Å². The minimum Gasteiger partial charge on any atom is -0.497 e. The van der Waals surface area contributed by atoms with Gasteiger partial charge in [0.15, 0.2) is 5.82 Å². The number of esters is 1. The lowest BCUT2D eigenvalue weighted by molar-refractivity contribution is -0.242. The van der Waals surface area contributed by atoms with Crippen LogP contribution in [0.1, 0.15) is 18.4 Å². The summed E-state index contributed by atoms with van der Waals surface area (Å²) in [4.78, 5) is 69.0. The van der Waals surface area contributed by atoms with Gasteiger partial charge in [-0.25, -0.2) is 29.2 Å². The largest absolute Gasteiger partial charge is 0.497 e. The molecule has 1 aromatic heterocycles. The van der Waals surface area contributed by atoms with Gasteiger partial charge in [-0.15, -0.1) is 5.06 Å². The molecule has 0 unspecified atom stereocenters. The number of anilines is 5. The van der Waals surface area contributed by atoms with Gasteiger partial charge in [0, 0.05) is 30.5 Å². The molecular weight excluding hydrogens is 689 g/mol. The minimum atomic E-state index is -5.14. The number of alkyl halides is 3. The van der Waals surface area contributed by atoms with E-state index in [4.69, 9.17) is 14.2 Å². The Labute approximate surface area is 294 Å². The number of urea groups is 1. The van der Waals surface area contributed by atoms with E-state index in [-0.39, 0.29) is 44.2 Å². The first-order chi connectivity index (χ1) is 25.0. The number of hydrogen-bond acceptors (Lipinski definition) is 11. The number of ether oxygens (including phenoxy) is 3. The van der Waals surface area contributed by atoms with Gasteiger partial charge in [-0.2, -0.15) is 18.2 Å². The second-order valence-electron chi connectivity index (χ2n) is 11.5. The Morgan fingerprint density at radius 3 is 2.17 bits per heavy atom. The molecule has 0 saturated carbocycles. The van der Waals surface area contributed by atoms with Crippen molar-refractivity contribution in [3.63, 3.8) is 0 Å². The average molecular weight is 721 g/mol. The first kappa shape index (κ1) is 35.6. The topological polar surface area (TPSA) is 144 Å². The van der Waals surface area contributed by atoms with E-state index >= 15 is 0 Å². The van der Waals surface area contributed by atoms with Gasteiger partial charge in [0.2, 0.25) is 12.7 Å². The predicted octanol–water partition coefficient (Wildman–Crippen LogP) is 6.27. The van der Waals surface area contributed by atoms with Gasteiger partial charge in [-0.05, 0) is 61.4 Å². The standard InChI is InChI=1S/C35H31F3N6O8/c1-49-28-14-12-25(13-15-28)42-21-24-20-39-32(40-29(24)43(33(42)47)26-8-4-2-5-9-26)44(27-10-6-3-7-11-27)34(48)51-22-50-30(45)23-16-18-41(19-17-23)52-31(46)35(36,37)38/h2-15,20,23H,16-19,21-22H2,1H3. The van der Waals surface area contributed by atoms with Crippen LogP contribution in [0.4, 0.5) is 51.6 Å². The number of hydrogen-bond donors (Lipinski definition) is 0. The molecule has 3 heterocycles. The van der Waals surface area contributed by atoms with Gasteiger partial charge in [0.25, 0.3) is 0 Å². The molecule has 0 radical (unpaired) electrons. The zero-order chi connectivity index (χ0) is 36.8. The molecule has 1 saturated heterocycles. The average Bonchev–Trinajstić information content (AvgIpc) is 3.15. The highest BCUT2D eigenvalue weighted by molar-refractivity contribution is 6.10. The van der Waals surface area contributed by atoms with Crippen LogP contribution in [0.3, 0.4) is 0 Å². The molecule has 52 heavy (non-hydrogen) atoms. The van der Waals surface area contributed by atoms with Gasteiger partial charge in [0.05, 0.1) is 30.9 Å². The van der Waals surface area contributed by atoms with E-state index in [0.29, 0.717) is 28.4 Å². The molecule has 6 rings (SSSR count). The molecule has 2 aliphatic rings. The summed E-state index contributed by atoms with van der Waals surface area (Å²) in [6, 6.07) is 23.8. The van der Waals surface area contributed by atoms with Crippen molar-refractivity contribution in [3.8, 4) is 5.75 Å². The number of carbonyl (C=O) groups excluding carboxylic acids is 4. The predicted molar refractivity (Wildman–Crippen MR) is 178 cm³/mol. The fourth-order valence-corrected chi connectivity index (χ4v) is 5.58. The van der Waals surface area contributed by atoms with Gasteiger partial charge in [-0.3, -0.25) is 9.69 Å². The molecule has 3 amide bonds. The number of hydroxylamine groups is 2. The molecule has 3 aromatic carbocycles. The van der Waals surface area contributed by atoms with E-state index < -0.39 is 43.0 Å². The van der Waals surface area contributed by atoms with Gasteiger partial charge in [-0.1, -0.05) is 36.4 Å². The fourth-order valence-electron chi connectivity index (χ4n) is 5.58. The molecule has 0 N–H and O–H groups in total. The highest BCUT2D eigenvalue weighted by Gasteiger charge is 2.43. The van der Waals surface area contributed by atoms with Crippen LogP contribution in [0.2, 0.25) is 0 Å².